The number of rotatable bonds is 5. The van der Waals surface area contributed by atoms with Gasteiger partial charge in [0.1, 0.15) is 16.6 Å². The van der Waals surface area contributed by atoms with Crippen LogP contribution in [0.5, 0.6) is 0 Å². The first-order valence-corrected chi connectivity index (χ1v) is 9.77. The zero-order chi connectivity index (χ0) is 19.5. The molecule has 0 aliphatic rings. The molecule has 0 aliphatic heterocycles. The summed E-state index contributed by atoms with van der Waals surface area (Å²) in [4.78, 5) is 29.0. The largest absolute Gasteiger partial charge is 0.451 e. The second-order valence-corrected chi connectivity index (χ2v) is 6.36. The Bertz CT molecular complexity index is 1140. The summed E-state index contributed by atoms with van der Waals surface area (Å²) in [5, 5.41) is 7.38. The van der Waals surface area contributed by atoms with Crippen LogP contribution in [0.15, 0.2) is 49.1 Å². The fourth-order valence-electron chi connectivity index (χ4n) is 2.72. The summed E-state index contributed by atoms with van der Waals surface area (Å²) < 4.78 is 6.98. The number of hydrogen-bond acceptors (Lipinski definition) is 8. The van der Waals surface area contributed by atoms with Gasteiger partial charge in [0.15, 0.2) is 5.65 Å². The zero-order valence-electron chi connectivity index (χ0n) is 14.7. The van der Waals surface area contributed by atoms with Gasteiger partial charge in [0.05, 0.1) is 23.1 Å². The van der Waals surface area contributed by atoms with Crippen molar-refractivity contribution >= 4 is 45.8 Å². The van der Waals surface area contributed by atoms with Crippen LogP contribution >= 0.6 is 22.6 Å². The van der Waals surface area contributed by atoms with E-state index in [2.05, 4.69) is 30.4 Å². The van der Waals surface area contributed by atoms with Gasteiger partial charge in [0.25, 0.3) is 0 Å². The number of halogens is 1. The van der Waals surface area contributed by atoms with E-state index in [1.807, 2.05) is 29.5 Å². The lowest BCUT2D eigenvalue weighted by molar-refractivity contribution is 0.0590. The fraction of sp³-hybridized carbons (Fsp3) is 0.111. The topological polar surface area (TPSA) is 107 Å². The maximum atomic E-state index is 11.7. The predicted molar refractivity (Wildman–Crippen MR) is 111 cm³/mol. The number of nitrogens with one attached hydrogen (secondary N) is 1. The van der Waals surface area contributed by atoms with Crippen LogP contribution < -0.4 is 5.32 Å². The minimum absolute atomic E-state index is 0.310. The zero-order valence-corrected chi connectivity index (χ0v) is 16.9. The van der Waals surface area contributed by atoms with Crippen molar-refractivity contribution in [1.82, 2.24) is 29.5 Å². The van der Waals surface area contributed by atoms with E-state index in [1.54, 1.807) is 47.2 Å². The van der Waals surface area contributed by atoms with Crippen molar-refractivity contribution < 1.29 is 9.53 Å². The molecule has 0 amide bonds. The van der Waals surface area contributed by atoms with E-state index in [-0.39, 0.29) is 5.97 Å². The third-order valence-electron chi connectivity index (χ3n) is 3.94. The minimum Gasteiger partial charge on any atom is -0.451 e. The van der Waals surface area contributed by atoms with Crippen LogP contribution in [0, 0.1) is 6.92 Å². The Morgan fingerprint density at radius 2 is 2.04 bits per heavy atom. The highest BCUT2D eigenvalue weighted by Crippen LogP contribution is 2.23. The first-order chi connectivity index (χ1) is 13.7. The van der Waals surface area contributed by atoms with Gasteiger partial charge in [-0.2, -0.15) is 5.10 Å². The van der Waals surface area contributed by atoms with Crippen LogP contribution in [0.2, 0.25) is 0 Å². The van der Waals surface area contributed by atoms with Gasteiger partial charge in [0, 0.05) is 11.9 Å². The minimum atomic E-state index is -0.357. The quantitative estimate of drug-likeness (QED) is 0.260. The average molecular weight is 487 g/mol. The lowest BCUT2D eigenvalue weighted by Crippen LogP contribution is -2.04. The molecule has 4 aromatic rings. The number of hydrogen-bond donors (Lipinski definition) is 1. The molecular weight excluding hydrogens is 473 g/mol. The normalized spacial score (nSPS) is 10.8. The van der Waals surface area contributed by atoms with Crippen molar-refractivity contribution in [3.63, 3.8) is 0 Å². The number of aryl methyl sites for hydroxylation is 1. The van der Waals surface area contributed by atoms with E-state index in [9.17, 15) is 4.79 Å². The average Bonchev–Trinajstić information content (AvgIpc) is 3.04. The molecule has 140 valence electrons. The van der Waals surface area contributed by atoms with Crippen molar-refractivity contribution in [2.75, 3.05) is 9.93 Å². The molecule has 28 heavy (non-hydrogen) atoms. The number of imidazole rings is 1. The van der Waals surface area contributed by atoms with Crippen LogP contribution in [0.1, 0.15) is 16.1 Å². The molecule has 0 atom stereocenters. The summed E-state index contributed by atoms with van der Waals surface area (Å²) in [7, 11) is 0. The summed E-state index contributed by atoms with van der Waals surface area (Å²) >= 11 is 1.98. The molecule has 0 saturated carbocycles. The molecule has 10 heteroatoms. The molecule has 0 bridgehead atoms. The lowest BCUT2D eigenvalue weighted by atomic mass is 10.2. The summed E-state index contributed by atoms with van der Waals surface area (Å²) in [5.41, 5.74) is 4.14. The molecule has 1 aromatic carbocycles. The van der Waals surface area contributed by atoms with Gasteiger partial charge in [0.2, 0.25) is 5.95 Å². The lowest BCUT2D eigenvalue weighted by Gasteiger charge is -2.07. The number of aromatic nitrogens is 6. The van der Waals surface area contributed by atoms with Gasteiger partial charge in [-0.05, 0) is 59.8 Å². The third kappa shape index (κ3) is 3.63. The fourth-order valence-corrected chi connectivity index (χ4v) is 3.00. The second kappa shape index (κ2) is 7.84. The van der Waals surface area contributed by atoms with E-state index in [0.717, 1.165) is 17.1 Å². The molecule has 0 saturated heterocycles. The number of alkyl halides is 1. The van der Waals surface area contributed by atoms with E-state index in [0.29, 0.717) is 27.5 Å². The highest BCUT2D eigenvalue weighted by Gasteiger charge is 2.14. The molecule has 3 aromatic heterocycles. The summed E-state index contributed by atoms with van der Waals surface area (Å²) in [6.45, 7) is 1.90. The number of ether oxygens (including phenoxy) is 1. The summed E-state index contributed by atoms with van der Waals surface area (Å²) in [6, 6.07) is 8.71. The molecular formula is C18H14IN7O2. The second-order valence-electron chi connectivity index (χ2n) is 5.73. The predicted octanol–water partition coefficient (Wildman–Crippen LogP) is 3.18. The van der Waals surface area contributed by atoms with Gasteiger partial charge in [-0.15, -0.1) is 0 Å². The highest BCUT2D eigenvalue weighted by molar-refractivity contribution is 14.1. The van der Waals surface area contributed by atoms with Crippen molar-refractivity contribution in [2.24, 2.45) is 0 Å². The standard InChI is InChI=1S/C18H14IN7O2/c1-11-16(26-15(23-11)8-20-10-22-26)14-6-7-21-18(25-14)24-13-4-2-12(3-5-13)17(27)28-9-19/h2-8,10H,9H2,1H3,(H,21,24,25). The molecule has 4 rings (SSSR count). The monoisotopic (exact) mass is 487 g/mol. The van der Waals surface area contributed by atoms with E-state index >= 15 is 0 Å². The molecule has 0 unspecified atom stereocenters. The maximum absolute atomic E-state index is 11.7. The first kappa shape index (κ1) is 18.2. The Morgan fingerprint density at radius 3 is 2.82 bits per heavy atom. The molecule has 0 spiro atoms. The maximum Gasteiger partial charge on any atom is 0.338 e. The van der Waals surface area contributed by atoms with Gasteiger partial charge in [-0.1, -0.05) is 0 Å². The number of anilines is 2. The van der Waals surface area contributed by atoms with Crippen molar-refractivity contribution in [3.05, 3.63) is 60.3 Å². The summed E-state index contributed by atoms with van der Waals surface area (Å²) in [5.74, 6) is 0.0627. The Balaban J connectivity index is 1.61. The molecule has 3 heterocycles. The number of carbonyl (C=O) groups excluding carboxylic acids is 1. The van der Waals surface area contributed by atoms with E-state index < -0.39 is 0 Å². The van der Waals surface area contributed by atoms with Crippen LogP contribution in [0.25, 0.3) is 17.0 Å². The SMILES string of the molecule is Cc1nc2cncnn2c1-c1ccnc(Nc2ccc(C(=O)OCI)cc2)n1. The van der Waals surface area contributed by atoms with Crippen LogP contribution in [-0.4, -0.2) is 40.1 Å². The number of esters is 1. The molecule has 9 nitrogen and oxygen atoms in total. The van der Waals surface area contributed by atoms with Crippen molar-refractivity contribution in [2.45, 2.75) is 6.92 Å². The smallest absolute Gasteiger partial charge is 0.338 e. The number of nitrogens with zero attached hydrogens (tertiary/aromatic N) is 6. The molecule has 0 aliphatic carbocycles. The Hall–Kier alpha value is -3.15. The van der Waals surface area contributed by atoms with Crippen LogP contribution in [0.4, 0.5) is 11.6 Å². The van der Waals surface area contributed by atoms with E-state index in [4.69, 9.17) is 4.74 Å². The van der Waals surface area contributed by atoms with Crippen molar-refractivity contribution in [3.8, 4) is 11.4 Å². The molecule has 0 fully saturated rings. The van der Waals surface area contributed by atoms with Crippen LogP contribution in [0.3, 0.4) is 0 Å². The van der Waals surface area contributed by atoms with Gasteiger partial charge < -0.3 is 10.1 Å². The molecule has 1 N–H and O–H groups in total. The van der Waals surface area contributed by atoms with Gasteiger partial charge >= 0.3 is 5.97 Å². The van der Waals surface area contributed by atoms with Gasteiger partial charge in [-0.25, -0.2) is 29.2 Å². The highest BCUT2D eigenvalue weighted by atomic mass is 127. The molecule has 0 radical (unpaired) electrons. The third-order valence-corrected chi connectivity index (χ3v) is 4.25. The first-order valence-electron chi connectivity index (χ1n) is 8.24. The Morgan fingerprint density at radius 1 is 1.21 bits per heavy atom. The van der Waals surface area contributed by atoms with E-state index in [1.165, 1.54) is 6.33 Å². The Kier molecular flexibility index (Phi) is 5.10. The summed E-state index contributed by atoms with van der Waals surface area (Å²) in [6.07, 6.45) is 4.77. The number of fused-ring (bicyclic) bond motifs is 1. The number of benzene rings is 1. The number of carbonyl (C=O) groups is 1. The van der Waals surface area contributed by atoms with Crippen molar-refractivity contribution in [1.29, 1.82) is 0 Å². The Labute approximate surface area is 173 Å². The van der Waals surface area contributed by atoms with Gasteiger partial charge in [-0.3, -0.25) is 0 Å². The van der Waals surface area contributed by atoms with Crippen LogP contribution in [-0.2, 0) is 4.74 Å².